The molecule has 1 atom stereocenters. The fourth-order valence-corrected chi connectivity index (χ4v) is 2.62. The zero-order chi connectivity index (χ0) is 13.7. The van der Waals surface area contributed by atoms with E-state index in [1.54, 1.807) is 0 Å². The average Bonchev–Trinajstić information content (AvgIpc) is 2.85. The summed E-state index contributed by atoms with van der Waals surface area (Å²) in [6, 6.07) is 9.03. The molecule has 0 aliphatic heterocycles. The second-order valence-electron chi connectivity index (χ2n) is 5.29. The van der Waals surface area contributed by atoms with Crippen LogP contribution in [0.1, 0.15) is 57.2 Å². The van der Waals surface area contributed by atoms with Gasteiger partial charge >= 0.3 is 0 Å². The van der Waals surface area contributed by atoms with Gasteiger partial charge in [0.25, 0.3) is 0 Å². The molecular formula is C18H24NTi-. The maximum absolute atomic E-state index is 4.80. The van der Waals surface area contributed by atoms with E-state index in [1.807, 2.05) is 0 Å². The summed E-state index contributed by atoms with van der Waals surface area (Å²) in [5.74, 6) is 0. The molecule has 106 valence electrons. The normalized spacial score (nSPS) is 15.3. The van der Waals surface area contributed by atoms with E-state index in [-0.39, 0.29) is 21.7 Å². The van der Waals surface area contributed by atoms with Gasteiger partial charge in [-0.05, 0) is 30.1 Å². The first-order chi connectivity index (χ1) is 9.24. The molecule has 1 aromatic rings. The topological polar surface area (TPSA) is 14.1 Å². The summed E-state index contributed by atoms with van der Waals surface area (Å²) in [6.07, 6.45) is 7.94. The zero-order valence-corrected chi connectivity index (χ0v) is 14.4. The smallest absolute Gasteiger partial charge is 0 e. The molecule has 2 heteroatoms. The van der Waals surface area contributed by atoms with Crippen molar-refractivity contribution in [3.05, 3.63) is 58.4 Å². The zero-order valence-electron chi connectivity index (χ0n) is 12.8. The summed E-state index contributed by atoms with van der Waals surface area (Å²) in [5, 5.41) is 4.80. The SMILES string of the molecule is CCCC[N-]C(C)c1ccccc1C1=C(C)C=CC1.[Ti]. The Morgan fingerprint density at radius 2 is 2.00 bits per heavy atom. The van der Waals surface area contributed by atoms with Gasteiger partial charge < -0.3 is 5.32 Å². The van der Waals surface area contributed by atoms with E-state index in [1.165, 1.54) is 35.1 Å². The Hall–Kier alpha value is -0.626. The largest absolute Gasteiger partial charge is 0.656 e. The Morgan fingerprint density at radius 1 is 1.25 bits per heavy atom. The molecule has 0 N–H and O–H groups in total. The minimum atomic E-state index is 0. The van der Waals surface area contributed by atoms with Crippen molar-refractivity contribution in [2.45, 2.75) is 46.1 Å². The van der Waals surface area contributed by atoms with Gasteiger partial charge in [-0.15, -0.1) is 12.6 Å². The van der Waals surface area contributed by atoms with Crippen LogP contribution in [0.5, 0.6) is 0 Å². The van der Waals surface area contributed by atoms with Gasteiger partial charge in [-0.2, -0.15) is 0 Å². The molecular weight excluding hydrogens is 278 g/mol. The number of hydrogen-bond acceptors (Lipinski definition) is 0. The standard InChI is InChI=1S/C18H24N.Ti/c1-4-5-13-19-15(3)17-10-6-7-11-18(17)16-12-8-9-14(16)2;/h6-11,15H,4-5,12-13H2,1-3H3;/q-1;. The predicted octanol–water partition coefficient (Wildman–Crippen LogP) is 5.65. The van der Waals surface area contributed by atoms with E-state index < -0.39 is 0 Å². The molecule has 0 saturated heterocycles. The van der Waals surface area contributed by atoms with Gasteiger partial charge in [-0.3, -0.25) is 0 Å². The van der Waals surface area contributed by atoms with E-state index in [9.17, 15) is 0 Å². The molecule has 0 spiro atoms. The summed E-state index contributed by atoms with van der Waals surface area (Å²) >= 11 is 0. The fraction of sp³-hybridized carbons (Fsp3) is 0.444. The number of benzene rings is 1. The van der Waals surface area contributed by atoms with E-state index in [2.05, 4.69) is 57.2 Å². The van der Waals surface area contributed by atoms with Crippen molar-refractivity contribution in [2.24, 2.45) is 0 Å². The van der Waals surface area contributed by atoms with Crippen LogP contribution < -0.4 is 0 Å². The van der Waals surface area contributed by atoms with Crippen molar-refractivity contribution in [1.82, 2.24) is 0 Å². The van der Waals surface area contributed by atoms with E-state index in [4.69, 9.17) is 5.32 Å². The Bertz CT molecular complexity index is 488. The Kier molecular flexibility index (Phi) is 7.51. The van der Waals surface area contributed by atoms with Crippen LogP contribution in [-0.4, -0.2) is 6.54 Å². The quantitative estimate of drug-likeness (QED) is 0.476. The first-order valence-electron chi connectivity index (χ1n) is 7.36. The van der Waals surface area contributed by atoms with Gasteiger partial charge in [0.05, 0.1) is 0 Å². The van der Waals surface area contributed by atoms with Gasteiger partial charge in [-0.25, -0.2) is 0 Å². The van der Waals surface area contributed by atoms with Crippen molar-refractivity contribution in [1.29, 1.82) is 0 Å². The maximum Gasteiger partial charge on any atom is 0 e. The monoisotopic (exact) mass is 302 g/mol. The molecule has 0 amide bonds. The number of nitrogens with zero attached hydrogens (tertiary/aromatic N) is 1. The molecule has 0 aromatic heterocycles. The maximum atomic E-state index is 4.80. The Balaban J connectivity index is 0.00000200. The third-order valence-electron chi connectivity index (χ3n) is 3.82. The van der Waals surface area contributed by atoms with Crippen LogP contribution in [0.25, 0.3) is 10.9 Å². The van der Waals surface area contributed by atoms with Crippen LogP contribution in [0, 0.1) is 0 Å². The van der Waals surface area contributed by atoms with E-state index in [0.717, 1.165) is 13.0 Å². The molecule has 1 aliphatic carbocycles. The average molecular weight is 302 g/mol. The van der Waals surface area contributed by atoms with Crippen LogP contribution >= 0.6 is 0 Å². The Labute approximate surface area is 138 Å². The molecule has 1 unspecified atom stereocenters. The molecule has 2 rings (SSSR count). The van der Waals surface area contributed by atoms with Crippen molar-refractivity contribution in [3.8, 4) is 0 Å². The second-order valence-corrected chi connectivity index (χ2v) is 5.29. The van der Waals surface area contributed by atoms with E-state index in [0.29, 0.717) is 6.04 Å². The minimum absolute atomic E-state index is 0. The fourth-order valence-electron chi connectivity index (χ4n) is 2.62. The molecule has 1 aliphatic rings. The molecule has 0 saturated carbocycles. The predicted molar refractivity (Wildman–Crippen MR) is 84.3 cm³/mol. The molecule has 0 bridgehead atoms. The van der Waals surface area contributed by atoms with Gasteiger partial charge in [-0.1, -0.05) is 68.7 Å². The summed E-state index contributed by atoms with van der Waals surface area (Å²) in [5.41, 5.74) is 5.62. The number of allylic oxidation sites excluding steroid dienone is 4. The molecule has 0 fully saturated rings. The molecule has 0 radical (unpaired) electrons. The number of hydrogen-bond donors (Lipinski definition) is 0. The third-order valence-corrected chi connectivity index (χ3v) is 3.82. The molecule has 20 heavy (non-hydrogen) atoms. The molecule has 1 nitrogen and oxygen atoms in total. The number of unbranched alkanes of at least 4 members (excludes halogenated alkanes) is 1. The second kappa shape index (κ2) is 8.61. The van der Waals surface area contributed by atoms with Crippen LogP contribution in [0.3, 0.4) is 0 Å². The summed E-state index contributed by atoms with van der Waals surface area (Å²) in [6.45, 7) is 7.61. The first kappa shape index (κ1) is 17.4. The summed E-state index contributed by atoms with van der Waals surface area (Å²) < 4.78 is 0. The summed E-state index contributed by atoms with van der Waals surface area (Å²) in [4.78, 5) is 0. The first-order valence-corrected chi connectivity index (χ1v) is 7.36. The van der Waals surface area contributed by atoms with Gasteiger partial charge in [0.15, 0.2) is 0 Å². The minimum Gasteiger partial charge on any atom is -0.656 e. The van der Waals surface area contributed by atoms with Gasteiger partial charge in [0, 0.05) is 21.7 Å². The van der Waals surface area contributed by atoms with Gasteiger partial charge in [0.2, 0.25) is 0 Å². The van der Waals surface area contributed by atoms with Crippen molar-refractivity contribution < 1.29 is 21.7 Å². The van der Waals surface area contributed by atoms with Crippen LogP contribution in [0.15, 0.2) is 42.0 Å². The van der Waals surface area contributed by atoms with Crippen molar-refractivity contribution in [2.75, 3.05) is 6.54 Å². The number of rotatable bonds is 6. The van der Waals surface area contributed by atoms with Crippen LogP contribution in [-0.2, 0) is 21.7 Å². The van der Waals surface area contributed by atoms with Gasteiger partial charge in [0.1, 0.15) is 0 Å². The summed E-state index contributed by atoms with van der Waals surface area (Å²) in [7, 11) is 0. The molecule has 1 aromatic carbocycles. The van der Waals surface area contributed by atoms with Crippen LogP contribution in [0.2, 0.25) is 0 Å². The molecule has 0 heterocycles. The Morgan fingerprint density at radius 3 is 2.65 bits per heavy atom. The third kappa shape index (κ3) is 4.18. The van der Waals surface area contributed by atoms with E-state index >= 15 is 0 Å². The van der Waals surface area contributed by atoms with Crippen LogP contribution in [0.4, 0.5) is 0 Å². The van der Waals surface area contributed by atoms with Crippen molar-refractivity contribution >= 4 is 5.57 Å². The van der Waals surface area contributed by atoms with Crippen molar-refractivity contribution in [3.63, 3.8) is 0 Å².